The van der Waals surface area contributed by atoms with Crippen LogP contribution in [0.15, 0.2) is 59.0 Å². The summed E-state index contributed by atoms with van der Waals surface area (Å²) in [7, 11) is 0. The van der Waals surface area contributed by atoms with Crippen LogP contribution in [0.2, 0.25) is 5.02 Å². The Morgan fingerprint density at radius 2 is 1.90 bits per heavy atom. The Hall–Kier alpha value is -4.06. The summed E-state index contributed by atoms with van der Waals surface area (Å²) in [4.78, 5) is 30.7. The number of oxazole rings is 1. The molecule has 1 amide bonds. The maximum absolute atomic E-state index is 13.2. The number of nitrogens with one attached hydrogen (secondary N) is 2. The van der Waals surface area contributed by atoms with Gasteiger partial charge in [-0.15, -0.1) is 0 Å². The van der Waals surface area contributed by atoms with Crippen molar-refractivity contribution in [2.45, 2.75) is 19.8 Å². The van der Waals surface area contributed by atoms with Gasteiger partial charge < -0.3 is 19.4 Å². The number of nitro groups is 1. The van der Waals surface area contributed by atoms with E-state index in [9.17, 15) is 14.9 Å². The molecule has 1 fully saturated rings. The van der Waals surface area contributed by atoms with Gasteiger partial charge in [0.1, 0.15) is 5.52 Å². The predicted octanol–water partition coefficient (Wildman–Crippen LogP) is 6.14. The van der Waals surface area contributed by atoms with Gasteiger partial charge in [-0.3, -0.25) is 20.2 Å². The number of amides is 1. The van der Waals surface area contributed by atoms with Gasteiger partial charge in [0.25, 0.3) is 11.6 Å². The van der Waals surface area contributed by atoms with E-state index in [1.807, 2.05) is 23.1 Å². The largest absolute Gasteiger partial charge is 0.436 e. The summed E-state index contributed by atoms with van der Waals surface area (Å²) in [5.74, 6) is 0.131. The van der Waals surface area contributed by atoms with Crippen LogP contribution in [-0.4, -0.2) is 47.2 Å². The number of benzene rings is 3. The van der Waals surface area contributed by atoms with Crippen LogP contribution in [0.5, 0.6) is 0 Å². The Morgan fingerprint density at radius 3 is 2.62 bits per heavy atom. The van der Waals surface area contributed by atoms with Crippen molar-refractivity contribution in [3.63, 3.8) is 0 Å². The molecule has 206 valence electrons. The van der Waals surface area contributed by atoms with Gasteiger partial charge in [0.05, 0.1) is 40.0 Å². The summed E-state index contributed by atoms with van der Waals surface area (Å²) in [6.45, 7) is 6.33. The first kappa shape index (κ1) is 27.5. The highest BCUT2D eigenvalue weighted by atomic mass is 35.5. The van der Waals surface area contributed by atoms with Crippen LogP contribution >= 0.6 is 23.8 Å². The number of hydrogen-bond acceptors (Lipinski definition) is 8. The Bertz CT molecular complexity index is 1620. The highest BCUT2D eigenvalue weighted by Gasteiger charge is 2.23. The lowest BCUT2D eigenvalue weighted by Crippen LogP contribution is -2.39. The molecule has 3 aromatic carbocycles. The van der Waals surface area contributed by atoms with Crippen LogP contribution in [0.25, 0.3) is 22.6 Å². The number of aromatic nitrogens is 1. The Labute approximate surface area is 240 Å². The minimum atomic E-state index is -0.572. The molecule has 0 atom stereocenters. The minimum absolute atomic E-state index is 0.0110. The second kappa shape index (κ2) is 11.6. The highest BCUT2D eigenvalue weighted by molar-refractivity contribution is 7.80. The topological polar surface area (TPSA) is 123 Å². The molecule has 1 aliphatic heterocycles. The fourth-order valence-corrected chi connectivity index (χ4v) is 4.83. The number of thiocarbonyl (C=S) groups is 1. The van der Waals surface area contributed by atoms with Crippen molar-refractivity contribution in [1.82, 2.24) is 10.3 Å². The first-order valence-electron chi connectivity index (χ1n) is 12.6. The van der Waals surface area contributed by atoms with Crippen LogP contribution in [0.3, 0.4) is 0 Å². The highest BCUT2D eigenvalue weighted by Crippen LogP contribution is 2.33. The fraction of sp³-hybridized carbons (Fsp3) is 0.250. The average molecular weight is 580 g/mol. The number of nitrogens with zero attached hydrogens (tertiary/aromatic N) is 3. The molecule has 1 saturated heterocycles. The van der Waals surface area contributed by atoms with Crippen LogP contribution in [-0.2, 0) is 4.74 Å². The van der Waals surface area contributed by atoms with E-state index in [1.54, 1.807) is 24.3 Å². The van der Waals surface area contributed by atoms with E-state index < -0.39 is 10.8 Å². The number of carbonyl (C=O) groups excluding carboxylic acids is 1. The van der Waals surface area contributed by atoms with Crippen molar-refractivity contribution in [2.75, 3.05) is 36.5 Å². The summed E-state index contributed by atoms with van der Waals surface area (Å²) in [6.07, 6.45) is 0. The predicted molar refractivity (Wildman–Crippen MR) is 158 cm³/mol. The van der Waals surface area contributed by atoms with E-state index >= 15 is 0 Å². The summed E-state index contributed by atoms with van der Waals surface area (Å²) in [5.41, 5.74) is 4.14. The second-order valence-corrected chi connectivity index (χ2v) is 10.4. The lowest BCUT2D eigenvalue weighted by molar-refractivity contribution is -0.384. The molecule has 0 saturated carbocycles. The molecule has 0 radical (unpaired) electrons. The number of halogens is 1. The summed E-state index contributed by atoms with van der Waals surface area (Å²) < 4.78 is 11.4. The zero-order valence-electron chi connectivity index (χ0n) is 21.8. The normalized spacial score (nSPS) is 13.4. The lowest BCUT2D eigenvalue weighted by Gasteiger charge is -2.30. The first-order chi connectivity index (χ1) is 19.2. The van der Waals surface area contributed by atoms with E-state index in [0.717, 1.165) is 11.1 Å². The van der Waals surface area contributed by atoms with E-state index in [-0.39, 0.29) is 16.4 Å². The molecule has 10 nitrogen and oxygen atoms in total. The maximum Gasteiger partial charge on any atom is 0.270 e. The van der Waals surface area contributed by atoms with Crippen molar-refractivity contribution in [3.8, 4) is 11.5 Å². The molecule has 12 heteroatoms. The first-order valence-corrected chi connectivity index (χ1v) is 13.4. The number of non-ortho nitro benzene ring substituents is 1. The van der Waals surface area contributed by atoms with Gasteiger partial charge in [0, 0.05) is 30.9 Å². The molecule has 5 rings (SSSR count). The Morgan fingerprint density at radius 1 is 1.12 bits per heavy atom. The van der Waals surface area contributed by atoms with Crippen molar-refractivity contribution < 1.29 is 18.9 Å². The number of fused-ring (bicyclic) bond motifs is 1. The minimum Gasteiger partial charge on any atom is -0.436 e. The van der Waals surface area contributed by atoms with Crippen molar-refractivity contribution in [2.24, 2.45) is 0 Å². The zero-order valence-corrected chi connectivity index (χ0v) is 23.3. The van der Waals surface area contributed by atoms with Gasteiger partial charge in [-0.05, 0) is 60.1 Å². The number of anilines is 2. The summed E-state index contributed by atoms with van der Waals surface area (Å²) in [5, 5.41) is 17.4. The molecule has 2 heterocycles. The van der Waals surface area contributed by atoms with Crippen LogP contribution in [0, 0.1) is 10.1 Å². The summed E-state index contributed by atoms with van der Waals surface area (Å²) >= 11 is 11.9. The molecular weight excluding hydrogens is 554 g/mol. The number of ether oxygens (including phenoxy) is 1. The van der Waals surface area contributed by atoms with Crippen LogP contribution < -0.4 is 15.5 Å². The van der Waals surface area contributed by atoms with Crippen molar-refractivity contribution >= 4 is 63.0 Å². The number of hydrogen-bond donors (Lipinski definition) is 2. The standard InChI is InChI=1S/C28H26ClN5O5S/c1-16(2)17-3-8-25-23(13-17)31-27(39-25)20-14-18(4-6-22(20)29)30-28(40)32-26(35)21-15-19(34(36)37)5-7-24(21)33-9-11-38-12-10-33/h3-8,13-16H,9-12H2,1-2H3,(H2,30,32,35,40). The third-order valence-corrected chi connectivity index (χ3v) is 7.08. The summed E-state index contributed by atoms with van der Waals surface area (Å²) in [6, 6.07) is 15.2. The van der Waals surface area contributed by atoms with E-state index in [4.69, 9.17) is 33.0 Å². The molecule has 4 aromatic rings. The van der Waals surface area contributed by atoms with Gasteiger partial charge in [0.15, 0.2) is 10.7 Å². The third kappa shape index (κ3) is 5.91. The van der Waals surface area contributed by atoms with E-state index in [2.05, 4.69) is 29.5 Å². The number of morpholine rings is 1. The fourth-order valence-electron chi connectivity index (χ4n) is 4.42. The second-order valence-electron chi connectivity index (χ2n) is 9.56. The lowest BCUT2D eigenvalue weighted by atomic mass is 10.0. The molecule has 0 bridgehead atoms. The Kier molecular flexibility index (Phi) is 7.97. The molecule has 0 unspecified atom stereocenters. The maximum atomic E-state index is 13.2. The molecule has 0 aliphatic carbocycles. The zero-order chi connectivity index (χ0) is 28.4. The van der Waals surface area contributed by atoms with Gasteiger partial charge in [-0.2, -0.15) is 0 Å². The quantitative estimate of drug-likeness (QED) is 0.157. The monoisotopic (exact) mass is 579 g/mol. The smallest absolute Gasteiger partial charge is 0.270 e. The SMILES string of the molecule is CC(C)c1ccc2oc(-c3cc(NC(=S)NC(=O)c4cc([N+](=O)[O-])ccc4N4CCOCC4)ccc3Cl)nc2c1. The van der Waals surface area contributed by atoms with Gasteiger partial charge in [-0.1, -0.05) is 31.5 Å². The third-order valence-electron chi connectivity index (χ3n) is 6.55. The van der Waals surface area contributed by atoms with Gasteiger partial charge in [-0.25, -0.2) is 4.98 Å². The van der Waals surface area contributed by atoms with Crippen LogP contribution in [0.1, 0.15) is 35.7 Å². The molecule has 2 N–H and O–H groups in total. The van der Waals surface area contributed by atoms with Crippen molar-refractivity contribution in [1.29, 1.82) is 0 Å². The molecule has 0 spiro atoms. The molecular formula is C28H26ClN5O5S. The number of nitro benzene ring substituents is 1. The van der Waals surface area contributed by atoms with Gasteiger partial charge >= 0.3 is 0 Å². The number of rotatable bonds is 6. The van der Waals surface area contributed by atoms with Crippen molar-refractivity contribution in [3.05, 3.63) is 80.9 Å². The van der Waals surface area contributed by atoms with Crippen LogP contribution in [0.4, 0.5) is 17.1 Å². The Balaban J connectivity index is 1.36. The van der Waals surface area contributed by atoms with Gasteiger partial charge in [0.2, 0.25) is 5.89 Å². The van der Waals surface area contributed by atoms with E-state index in [0.29, 0.717) is 65.7 Å². The average Bonchev–Trinajstić information content (AvgIpc) is 3.37. The molecule has 1 aliphatic rings. The number of carbonyl (C=O) groups is 1. The molecule has 40 heavy (non-hydrogen) atoms. The molecule has 1 aromatic heterocycles. The van der Waals surface area contributed by atoms with E-state index in [1.165, 1.54) is 12.1 Å².